The average Bonchev–Trinajstić information content (AvgIpc) is 3.11. The molecule has 0 N–H and O–H groups in total. The lowest BCUT2D eigenvalue weighted by atomic mass is 10.3. The van der Waals surface area contributed by atoms with E-state index in [0.29, 0.717) is 5.69 Å². The first-order valence-electron chi connectivity index (χ1n) is 5.65. The largest absolute Gasteiger partial charge is 0.383 e. The van der Waals surface area contributed by atoms with Gasteiger partial charge in [0.1, 0.15) is 0 Å². The van der Waals surface area contributed by atoms with Crippen LogP contribution in [0, 0.1) is 0 Å². The van der Waals surface area contributed by atoms with Crippen LogP contribution in [0.5, 0.6) is 0 Å². The van der Waals surface area contributed by atoms with E-state index in [4.69, 9.17) is 4.84 Å². The van der Waals surface area contributed by atoms with Gasteiger partial charge in [-0.2, -0.15) is 9.83 Å². The summed E-state index contributed by atoms with van der Waals surface area (Å²) in [7, 11) is 0. The topological polar surface area (TPSA) is 61.9 Å². The normalized spacial score (nSPS) is 10.3. The molecular formula is C13H10N4O2. The number of nitrogens with zero attached hydrogens (tertiary/aromatic N) is 4. The van der Waals surface area contributed by atoms with E-state index in [-0.39, 0.29) is 5.69 Å². The van der Waals surface area contributed by atoms with Gasteiger partial charge in [0.2, 0.25) is 0 Å². The fraction of sp³-hybridized carbons (Fsp3) is 0. The third kappa shape index (κ3) is 2.23. The summed E-state index contributed by atoms with van der Waals surface area (Å²) in [5.41, 5.74) is 0.782. The minimum absolute atomic E-state index is 0.208. The molecule has 0 fully saturated rings. The number of rotatable bonds is 3. The Kier molecular flexibility index (Phi) is 2.82. The highest BCUT2D eigenvalue weighted by Crippen LogP contribution is 2.11. The van der Waals surface area contributed by atoms with Crippen LogP contribution < -0.4 is 4.84 Å². The molecule has 0 unspecified atom stereocenters. The van der Waals surface area contributed by atoms with Gasteiger partial charge >= 0.3 is 5.97 Å². The highest BCUT2D eigenvalue weighted by molar-refractivity contribution is 5.91. The van der Waals surface area contributed by atoms with Crippen molar-refractivity contribution >= 4 is 5.97 Å². The maximum atomic E-state index is 12.1. The van der Waals surface area contributed by atoms with Gasteiger partial charge in [-0.3, -0.25) is 0 Å². The van der Waals surface area contributed by atoms with Crippen molar-refractivity contribution in [1.82, 2.24) is 19.5 Å². The Hall–Kier alpha value is -2.89. The van der Waals surface area contributed by atoms with Crippen LogP contribution in [-0.4, -0.2) is 25.5 Å². The van der Waals surface area contributed by atoms with E-state index in [0.717, 1.165) is 0 Å². The predicted octanol–water partition coefficient (Wildman–Crippen LogP) is 1.34. The standard InChI is InChI=1S/C13H10N4O2/c18-13(19-16-8-1-2-9-16)12-11(5-3-6-14-12)17-10-4-7-15-17/h1-10H. The molecule has 0 aliphatic carbocycles. The van der Waals surface area contributed by atoms with E-state index in [1.165, 1.54) is 4.73 Å². The summed E-state index contributed by atoms with van der Waals surface area (Å²) in [5.74, 6) is -0.540. The van der Waals surface area contributed by atoms with Gasteiger partial charge in [0, 0.05) is 31.0 Å². The number of carbonyl (C=O) groups is 1. The molecule has 19 heavy (non-hydrogen) atoms. The van der Waals surface area contributed by atoms with Crippen molar-refractivity contribution in [1.29, 1.82) is 0 Å². The molecule has 3 heterocycles. The highest BCUT2D eigenvalue weighted by atomic mass is 16.7. The highest BCUT2D eigenvalue weighted by Gasteiger charge is 2.16. The predicted molar refractivity (Wildman–Crippen MR) is 66.7 cm³/mol. The van der Waals surface area contributed by atoms with E-state index in [2.05, 4.69) is 10.1 Å². The Labute approximate surface area is 108 Å². The van der Waals surface area contributed by atoms with Gasteiger partial charge in [-0.1, -0.05) is 0 Å². The molecular weight excluding hydrogens is 244 g/mol. The number of carbonyl (C=O) groups excluding carboxylic acids is 1. The molecule has 6 heteroatoms. The minimum atomic E-state index is -0.540. The minimum Gasteiger partial charge on any atom is -0.330 e. The summed E-state index contributed by atoms with van der Waals surface area (Å²) < 4.78 is 2.89. The van der Waals surface area contributed by atoms with Gasteiger partial charge < -0.3 is 4.84 Å². The summed E-state index contributed by atoms with van der Waals surface area (Å²) in [4.78, 5) is 21.3. The first kappa shape index (κ1) is 11.2. The molecule has 0 amide bonds. The zero-order chi connectivity index (χ0) is 13.1. The Morgan fingerprint density at radius 3 is 2.63 bits per heavy atom. The fourth-order valence-electron chi connectivity index (χ4n) is 1.67. The summed E-state index contributed by atoms with van der Waals surface area (Å²) >= 11 is 0. The fourth-order valence-corrected chi connectivity index (χ4v) is 1.67. The van der Waals surface area contributed by atoms with Gasteiger partial charge in [0.05, 0.1) is 5.69 Å². The molecule has 0 saturated carbocycles. The Morgan fingerprint density at radius 2 is 1.89 bits per heavy atom. The van der Waals surface area contributed by atoms with Crippen molar-refractivity contribution in [2.45, 2.75) is 0 Å². The lowest BCUT2D eigenvalue weighted by Crippen LogP contribution is -2.21. The first-order chi connectivity index (χ1) is 9.34. The average molecular weight is 254 g/mol. The van der Waals surface area contributed by atoms with Gasteiger partial charge in [-0.05, 0) is 30.3 Å². The van der Waals surface area contributed by atoms with E-state index < -0.39 is 5.97 Å². The number of pyridine rings is 1. The summed E-state index contributed by atoms with van der Waals surface area (Å²) in [6.45, 7) is 0. The molecule has 3 rings (SSSR count). The van der Waals surface area contributed by atoms with E-state index in [1.54, 1.807) is 66.0 Å². The van der Waals surface area contributed by atoms with Crippen molar-refractivity contribution in [2.24, 2.45) is 0 Å². The van der Waals surface area contributed by atoms with Crippen LogP contribution in [-0.2, 0) is 0 Å². The van der Waals surface area contributed by atoms with Gasteiger partial charge in [0.25, 0.3) is 0 Å². The molecule has 3 aromatic rings. The SMILES string of the molecule is O=C(On1cccc1)c1ncccc1-n1cccn1. The Morgan fingerprint density at radius 1 is 1.05 bits per heavy atom. The van der Waals surface area contributed by atoms with Crippen LogP contribution in [0.4, 0.5) is 0 Å². The summed E-state index contributed by atoms with van der Waals surface area (Å²) in [6.07, 6.45) is 8.18. The van der Waals surface area contributed by atoms with Crippen molar-refractivity contribution in [3.8, 4) is 5.69 Å². The van der Waals surface area contributed by atoms with Crippen LogP contribution in [0.3, 0.4) is 0 Å². The number of hydrogen-bond acceptors (Lipinski definition) is 4. The molecule has 3 aromatic heterocycles. The van der Waals surface area contributed by atoms with Crippen LogP contribution in [0.2, 0.25) is 0 Å². The van der Waals surface area contributed by atoms with Crippen molar-refractivity contribution in [3.63, 3.8) is 0 Å². The van der Waals surface area contributed by atoms with Gasteiger partial charge in [0.15, 0.2) is 5.69 Å². The van der Waals surface area contributed by atoms with E-state index >= 15 is 0 Å². The van der Waals surface area contributed by atoms with Crippen molar-refractivity contribution < 1.29 is 9.63 Å². The second-order valence-corrected chi connectivity index (χ2v) is 3.74. The Bertz CT molecular complexity index is 675. The lowest BCUT2D eigenvalue weighted by Gasteiger charge is -2.08. The molecule has 0 aliphatic heterocycles. The van der Waals surface area contributed by atoms with Gasteiger partial charge in [-0.25, -0.2) is 14.5 Å². The monoisotopic (exact) mass is 254 g/mol. The second-order valence-electron chi connectivity index (χ2n) is 3.74. The number of aromatic nitrogens is 4. The maximum absolute atomic E-state index is 12.1. The third-order valence-electron chi connectivity index (χ3n) is 2.50. The zero-order valence-corrected chi connectivity index (χ0v) is 9.88. The number of hydrogen-bond donors (Lipinski definition) is 0. The molecule has 0 atom stereocenters. The molecule has 0 radical (unpaired) electrons. The molecule has 0 aliphatic rings. The summed E-state index contributed by atoms with van der Waals surface area (Å²) in [6, 6.07) is 8.80. The maximum Gasteiger partial charge on any atom is 0.383 e. The van der Waals surface area contributed by atoms with Crippen LogP contribution in [0.15, 0.2) is 61.3 Å². The van der Waals surface area contributed by atoms with Crippen molar-refractivity contribution in [3.05, 3.63) is 67.0 Å². The first-order valence-corrected chi connectivity index (χ1v) is 5.65. The van der Waals surface area contributed by atoms with E-state index in [9.17, 15) is 4.79 Å². The van der Waals surface area contributed by atoms with Crippen LogP contribution in [0.25, 0.3) is 5.69 Å². The second kappa shape index (κ2) is 4.77. The van der Waals surface area contributed by atoms with Crippen LogP contribution >= 0.6 is 0 Å². The summed E-state index contributed by atoms with van der Waals surface area (Å²) in [5, 5.41) is 4.09. The van der Waals surface area contributed by atoms with E-state index in [1.807, 2.05) is 0 Å². The van der Waals surface area contributed by atoms with Crippen molar-refractivity contribution in [2.75, 3.05) is 0 Å². The Balaban J connectivity index is 1.94. The molecule has 94 valence electrons. The zero-order valence-electron chi connectivity index (χ0n) is 9.88. The lowest BCUT2D eigenvalue weighted by molar-refractivity contribution is 0.0456. The quantitative estimate of drug-likeness (QED) is 0.707. The molecule has 6 nitrogen and oxygen atoms in total. The molecule has 0 saturated heterocycles. The third-order valence-corrected chi connectivity index (χ3v) is 2.50. The molecule has 0 aromatic carbocycles. The molecule has 0 bridgehead atoms. The van der Waals surface area contributed by atoms with Crippen LogP contribution in [0.1, 0.15) is 10.5 Å². The van der Waals surface area contributed by atoms with Gasteiger partial charge in [-0.15, -0.1) is 0 Å². The molecule has 0 spiro atoms. The smallest absolute Gasteiger partial charge is 0.330 e.